The normalized spacial score (nSPS) is 11.7. The SMILES string of the molecule is CCCC/C=C\CCCCCCCCCC/C=C\OC. The Kier molecular flexibility index (Phi) is 17.6. The minimum Gasteiger partial charge on any atom is -0.505 e. The molecule has 0 rings (SSSR count). The largest absolute Gasteiger partial charge is 0.505 e. The molecular weight excluding hydrogens is 244 g/mol. The van der Waals surface area contributed by atoms with E-state index in [4.69, 9.17) is 4.74 Å². The predicted molar refractivity (Wildman–Crippen MR) is 91.0 cm³/mol. The molecule has 0 aliphatic heterocycles. The van der Waals surface area contributed by atoms with Crippen molar-refractivity contribution in [3.05, 3.63) is 24.5 Å². The van der Waals surface area contributed by atoms with Gasteiger partial charge in [-0.2, -0.15) is 0 Å². The molecule has 0 aromatic heterocycles. The second kappa shape index (κ2) is 18.3. The van der Waals surface area contributed by atoms with Crippen LogP contribution in [0.4, 0.5) is 0 Å². The molecule has 0 aliphatic carbocycles. The molecule has 0 amide bonds. The van der Waals surface area contributed by atoms with Crippen LogP contribution in [0.25, 0.3) is 0 Å². The molecule has 20 heavy (non-hydrogen) atoms. The smallest absolute Gasteiger partial charge is 0.0784 e. The van der Waals surface area contributed by atoms with Crippen molar-refractivity contribution in [1.29, 1.82) is 0 Å². The van der Waals surface area contributed by atoms with Crippen molar-refractivity contribution in [1.82, 2.24) is 0 Å². The topological polar surface area (TPSA) is 9.23 Å². The highest BCUT2D eigenvalue weighted by atomic mass is 16.5. The van der Waals surface area contributed by atoms with Crippen molar-refractivity contribution in [2.75, 3.05) is 7.11 Å². The van der Waals surface area contributed by atoms with Gasteiger partial charge in [0.1, 0.15) is 0 Å². The van der Waals surface area contributed by atoms with Gasteiger partial charge in [-0.3, -0.25) is 0 Å². The average Bonchev–Trinajstić information content (AvgIpc) is 2.47. The van der Waals surface area contributed by atoms with Gasteiger partial charge >= 0.3 is 0 Å². The molecule has 0 saturated heterocycles. The highest BCUT2D eigenvalue weighted by Gasteiger charge is 1.91. The van der Waals surface area contributed by atoms with Gasteiger partial charge in [0.05, 0.1) is 13.4 Å². The van der Waals surface area contributed by atoms with Crippen molar-refractivity contribution in [2.45, 2.75) is 90.4 Å². The van der Waals surface area contributed by atoms with Gasteiger partial charge in [0.2, 0.25) is 0 Å². The van der Waals surface area contributed by atoms with Crippen LogP contribution in [0.1, 0.15) is 90.4 Å². The molecule has 0 fully saturated rings. The number of allylic oxidation sites excluding steroid dienone is 3. The number of ether oxygens (including phenoxy) is 1. The van der Waals surface area contributed by atoms with E-state index >= 15 is 0 Å². The van der Waals surface area contributed by atoms with Crippen LogP contribution in [-0.4, -0.2) is 7.11 Å². The van der Waals surface area contributed by atoms with Crippen LogP contribution in [0.15, 0.2) is 24.5 Å². The maximum atomic E-state index is 4.88. The second-order valence-corrected chi connectivity index (χ2v) is 5.63. The molecule has 0 saturated carbocycles. The van der Waals surface area contributed by atoms with Gasteiger partial charge in [0.25, 0.3) is 0 Å². The zero-order valence-corrected chi connectivity index (χ0v) is 13.9. The summed E-state index contributed by atoms with van der Waals surface area (Å²) in [4.78, 5) is 0. The molecule has 0 aliphatic rings. The summed E-state index contributed by atoms with van der Waals surface area (Å²) >= 11 is 0. The Labute approximate surface area is 127 Å². The van der Waals surface area contributed by atoms with Crippen LogP contribution < -0.4 is 0 Å². The number of hydrogen-bond donors (Lipinski definition) is 0. The molecule has 0 aromatic rings. The molecule has 0 spiro atoms. The first kappa shape index (κ1) is 19.3. The molecule has 1 heteroatoms. The average molecular weight is 280 g/mol. The molecule has 0 unspecified atom stereocenters. The van der Waals surface area contributed by atoms with Crippen LogP contribution >= 0.6 is 0 Å². The summed E-state index contributed by atoms with van der Waals surface area (Å²) in [7, 11) is 1.71. The maximum absolute atomic E-state index is 4.88. The van der Waals surface area contributed by atoms with Crippen LogP contribution in [-0.2, 0) is 4.74 Å². The first-order chi connectivity index (χ1) is 9.91. The molecule has 1 nitrogen and oxygen atoms in total. The lowest BCUT2D eigenvalue weighted by atomic mass is 10.1. The summed E-state index contributed by atoms with van der Waals surface area (Å²) in [5.74, 6) is 0. The van der Waals surface area contributed by atoms with Crippen molar-refractivity contribution >= 4 is 0 Å². The Morgan fingerprint density at radius 2 is 1.05 bits per heavy atom. The van der Waals surface area contributed by atoms with Crippen LogP contribution in [0, 0.1) is 0 Å². The third-order valence-electron chi connectivity index (χ3n) is 3.61. The van der Waals surface area contributed by atoms with Crippen LogP contribution in [0.5, 0.6) is 0 Å². The standard InChI is InChI=1S/C19H36O/c1-3-4-5-6-7-8-9-10-11-12-13-14-15-16-17-18-19-20-2/h6-7,18-19H,3-5,8-17H2,1-2H3/b7-6-,19-18-. The summed E-state index contributed by atoms with van der Waals surface area (Å²) in [5, 5.41) is 0. The van der Waals surface area contributed by atoms with E-state index in [9.17, 15) is 0 Å². The third-order valence-corrected chi connectivity index (χ3v) is 3.61. The number of rotatable bonds is 15. The highest BCUT2D eigenvalue weighted by Crippen LogP contribution is 2.11. The van der Waals surface area contributed by atoms with E-state index in [2.05, 4.69) is 25.2 Å². The van der Waals surface area contributed by atoms with Gasteiger partial charge in [-0.15, -0.1) is 0 Å². The Balaban J connectivity index is 3.02. The molecule has 0 N–H and O–H groups in total. The van der Waals surface area contributed by atoms with E-state index < -0.39 is 0 Å². The molecule has 0 aromatic carbocycles. The van der Waals surface area contributed by atoms with Gasteiger partial charge in [-0.1, -0.05) is 70.4 Å². The van der Waals surface area contributed by atoms with Gasteiger partial charge in [0, 0.05) is 0 Å². The van der Waals surface area contributed by atoms with Gasteiger partial charge in [0.15, 0.2) is 0 Å². The zero-order chi connectivity index (χ0) is 14.7. The Morgan fingerprint density at radius 1 is 0.600 bits per heavy atom. The van der Waals surface area contributed by atoms with Crippen molar-refractivity contribution in [2.24, 2.45) is 0 Å². The first-order valence-corrected chi connectivity index (χ1v) is 8.74. The lowest BCUT2D eigenvalue weighted by Gasteiger charge is -2.00. The van der Waals surface area contributed by atoms with Crippen LogP contribution in [0.3, 0.4) is 0 Å². The van der Waals surface area contributed by atoms with Crippen molar-refractivity contribution < 1.29 is 4.74 Å². The molecule has 0 radical (unpaired) electrons. The fourth-order valence-corrected chi connectivity index (χ4v) is 2.31. The fourth-order valence-electron chi connectivity index (χ4n) is 2.31. The van der Waals surface area contributed by atoms with E-state index in [1.165, 1.54) is 77.0 Å². The molecule has 0 bridgehead atoms. The Bertz CT molecular complexity index is 218. The van der Waals surface area contributed by atoms with Gasteiger partial charge < -0.3 is 4.74 Å². The first-order valence-electron chi connectivity index (χ1n) is 8.74. The monoisotopic (exact) mass is 280 g/mol. The quantitative estimate of drug-likeness (QED) is 0.182. The summed E-state index contributed by atoms with van der Waals surface area (Å²) in [6.07, 6.45) is 26.2. The van der Waals surface area contributed by atoms with Gasteiger partial charge in [-0.25, -0.2) is 0 Å². The summed E-state index contributed by atoms with van der Waals surface area (Å²) in [6.45, 7) is 2.25. The highest BCUT2D eigenvalue weighted by molar-refractivity contribution is 4.81. The minimum absolute atomic E-state index is 1.16. The fraction of sp³-hybridized carbons (Fsp3) is 0.789. The maximum Gasteiger partial charge on any atom is 0.0784 e. The summed E-state index contributed by atoms with van der Waals surface area (Å²) in [5.41, 5.74) is 0. The minimum atomic E-state index is 1.16. The van der Waals surface area contributed by atoms with Crippen molar-refractivity contribution in [3.8, 4) is 0 Å². The van der Waals surface area contributed by atoms with E-state index in [0.29, 0.717) is 0 Å². The van der Waals surface area contributed by atoms with E-state index in [1.807, 2.05) is 0 Å². The Hall–Kier alpha value is -0.720. The second-order valence-electron chi connectivity index (χ2n) is 5.63. The summed E-state index contributed by atoms with van der Waals surface area (Å²) < 4.78 is 4.88. The number of methoxy groups -OCH3 is 1. The molecule has 118 valence electrons. The van der Waals surface area contributed by atoms with E-state index in [0.717, 1.165) is 6.42 Å². The van der Waals surface area contributed by atoms with Gasteiger partial charge in [-0.05, 0) is 38.2 Å². The molecule has 0 atom stereocenters. The van der Waals surface area contributed by atoms with E-state index in [-0.39, 0.29) is 0 Å². The molecule has 0 heterocycles. The molecular formula is C19H36O. The predicted octanol–water partition coefficient (Wildman–Crippen LogP) is 6.79. The van der Waals surface area contributed by atoms with Crippen molar-refractivity contribution in [3.63, 3.8) is 0 Å². The summed E-state index contributed by atoms with van der Waals surface area (Å²) in [6, 6.07) is 0. The zero-order valence-electron chi connectivity index (χ0n) is 13.9. The number of hydrogen-bond acceptors (Lipinski definition) is 1. The lowest BCUT2D eigenvalue weighted by molar-refractivity contribution is 0.336. The van der Waals surface area contributed by atoms with E-state index in [1.54, 1.807) is 13.4 Å². The van der Waals surface area contributed by atoms with Crippen LogP contribution in [0.2, 0.25) is 0 Å². The third kappa shape index (κ3) is 17.3. The Morgan fingerprint density at radius 3 is 1.55 bits per heavy atom. The lowest BCUT2D eigenvalue weighted by Crippen LogP contribution is -1.81. The number of unbranched alkanes of at least 4 members (excludes halogenated alkanes) is 11.